The summed E-state index contributed by atoms with van der Waals surface area (Å²) in [7, 11) is -2.91. The lowest BCUT2D eigenvalue weighted by atomic mass is 9.92. The van der Waals surface area contributed by atoms with Crippen LogP contribution in [0.1, 0.15) is 51.4 Å². The van der Waals surface area contributed by atoms with Gasteiger partial charge in [-0.15, -0.1) is 0 Å². The number of piperidine rings is 1. The third-order valence-electron chi connectivity index (χ3n) is 5.55. The lowest BCUT2D eigenvalue weighted by Crippen LogP contribution is -2.56. The Kier molecular flexibility index (Phi) is 4.39. The first-order valence-electron chi connectivity index (χ1n) is 8.25. The van der Waals surface area contributed by atoms with Gasteiger partial charge in [0.1, 0.15) is 0 Å². The van der Waals surface area contributed by atoms with Gasteiger partial charge in [0.2, 0.25) is 0 Å². The van der Waals surface area contributed by atoms with Crippen LogP contribution in [0.4, 0.5) is 0 Å². The number of rotatable bonds is 3. The second-order valence-electron chi connectivity index (χ2n) is 6.87. The number of sulfone groups is 1. The fraction of sp³-hybridized carbons (Fsp3) is 1.00. The molecular weight excluding hydrogens is 272 g/mol. The van der Waals surface area contributed by atoms with E-state index < -0.39 is 9.84 Å². The van der Waals surface area contributed by atoms with Crippen molar-refractivity contribution in [1.82, 2.24) is 10.2 Å². The highest BCUT2D eigenvalue weighted by atomic mass is 32.2. The molecule has 2 saturated heterocycles. The van der Waals surface area contributed by atoms with Crippen molar-refractivity contribution < 1.29 is 8.42 Å². The molecule has 2 heterocycles. The molecule has 1 saturated carbocycles. The largest absolute Gasteiger partial charge is 0.312 e. The van der Waals surface area contributed by atoms with Crippen LogP contribution in [-0.4, -0.2) is 56.0 Å². The Hall–Kier alpha value is -0.130. The Morgan fingerprint density at radius 2 is 1.75 bits per heavy atom. The van der Waals surface area contributed by atoms with Crippen molar-refractivity contribution in [1.29, 1.82) is 0 Å². The third kappa shape index (κ3) is 2.90. The van der Waals surface area contributed by atoms with Crippen LogP contribution in [-0.2, 0) is 9.84 Å². The van der Waals surface area contributed by atoms with E-state index >= 15 is 0 Å². The van der Waals surface area contributed by atoms with Crippen molar-refractivity contribution in [2.24, 2.45) is 0 Å². The molecule has 0 aromatic heterocycles. The van der Waals surface area contributed by atoms with E-state index in [9.17, 15) is 8.42 Å². The molecule has 4 unspecified atom stereocenters. The van der Waals surface area contributed by atoms with E-state index in [4.69, 9.17) is 0 Å². The highest BCUT2D eigenvalue weighted by Crippen LogP contribution is 2.35. The van der Waals surface area contributed by atoms with Crippen LogP contribution in [0.3, 0.4) is 0 Å². The quantitative estimate of drug-likeness (QED) is 0.859. The van der Waals surface area contributed by atoms with Crippen molar-refractivity contribution in [3.05, 3.63) is 0 Å². The molecule has 1 N–H and O–H groups in total. The predicted octanol–water partition coefficient (Wildman–Crippen LogP) is 1.56. The van der Waals surface area contributed by atoms with Crippen molar-refractivity contribution in [2.45, 2.75) is 74.7 Å². The minimum absolute atomic E-state index is 0.121. The summed E-state index contributed by atoms with van der Waals surface area (Å²) in [4.78, 5) is 2.57. The monoisotopic (exact) mass is 300 g/mol. The van der Waals surface area contributed by atoms with Crippen LogP contribution in [0.2, 0.25) is 0 Å². The smallest absolute Gasteiger partial charge is 0.151 e. The zero-order chi connectivity index (χ0) is 14.2. The normalized spacial score (nSPS) is 40.2. The standard InChI is InChI=1S/C15H28N2O2S/c1-20(18,19)15-9-4-8-14(15)17-11-3-2-7-13(17)12-6-5-10-16-12/h12-16H,2-11H2,1H3. The zero-order valence-corrected chi connectivity index (χ0v) is 13.4. The molecule has 5 heteroatoms. The van der Waals surface area contributed by atoms with Crippen molar-refractivity contribution in [2.75, 3.05) is 19.3 Å². The average Bonchev–Trinajstić information content (AvgIpc) is 3.09. The Balaban J connectivity index is 1.78. The minimum Gasteiger partial charge on any atom is -0.312 e. The van der Waals surface area contributed by atoms with E-state index in [1.807, 2.05) is 0 Å². The molecule has 3 rings (SSSR count). The lowest BCUT2D eigenvalue weighted by Gasteiger charge is -2.44. The van der Waals surface area contributed by atoms with Crippen LogP contribution in [0.5, 0.6) is 0 Å². The molecule has 1 aliphatic carbocycles. The molecule has 3 aliphatic rings. The van der Waals surface area contributed by atoms with Crippen LogP contribution >= 0.6 is 0 Å². The van der Waals surface area contributed by atoms with Crippen LogP contribution in [0, 0.1) is 0 Å². The summed E-state index contributed by atoms with van der Waals surface area (Å²) in [6, 6.07) is 1.44. The SMILES string of the molecule is CS(=O)(=O)C1CCCC1N1CCCCC1C1CCCN1. The molecule has 0 bridgehead atoms. The van der Waals surface area contributed by atoms with E-state index in [0.717, 1.165) is 32.4 Å². The molecule has 4 nitrogen and oxygen atoms in total. The van der Waals surface area contributed by atoms with Gasteiger partial charge in [0.15, 0.2) is 9.84 Å². The van der Waals surface area contributed by atoms with Gasteiger partial charge in [-0.1, -0.05) is 12.8 Å². The van der Waals surface area contributed by atoms with Crippen molar-refractivity contribution >= 4 is 9.84 Å². The molecule has 0 radical (unpaired) electrons. The lowest BCUT2D eigenvalue weighted by molar-refractivity contribution is 0.0766. The topological polar surface area (TPSA) is 49.4 Å². The average molecular weight is 300 g/mol. The van der Waals surface area contributed by atoms with Gasteiger partial charge < -0.3 is 5.32 Å². The van der Waals surface area contributed by atoms with Gasteiger partial charge in [-0.05, 0) is 51.6 Å². The van der Waals surface area contributed by atoms with Gasteiger partial charge in [-0.3, -0.25) is 4.90 Å². The second kappa shape index (κ2) is 5.93. The van der Waals surface area contributed by atoms with Gasteiger partial charge in [-0.2, -0.15) is 0 Å². The summed E-state index contributed by atoms with van der Waals surface area (Å²) in [5.41, 5.74) is 0. The summed E-state index contributed by atoms with van der Waals surface area (Å²) in [6.45, 7) is 2.23. The molecule has 0 spiro atoms. The minimum atomic E-state index is -2.91. The molecule has 0 amide bonds. The number of hydrogen-bond donors (Lipinski definition) is 1. The molecule has 2 aliphatic heterocycles. The highest BCUT2D eigenvalue weighted by molar-refractivity contribution is 7.91. The molecule has 20 heavy (non-hydrogen) atoms. The van der Waals surface area contributed by atoms with E-state index in [2.05, 4.69) is 10.2 Å². The third-order valence-corrected chi connectivity index (χ3v) is 7.20. The van der Waals surface area contributed by atoms with Gasteiger partial charge in [0.05, 0.1) is 5.25 Å². The van der Waals surface area contributed by atoms with Crippen LogP contribution in [0.15, 0.2) is 0 Å². The first kappa shape index (κ1) is 14.8. The zero-order valence-electron chi connectivity index (χ0n) is 12.6. The van der Waals surface area contributed by atoms with Crippen molar-refractivity contribution in [3.63, 3.8) is 0 Å². The van der Waals surface area contributed by atoms with Crippen LogP contribution in [0.25, 0.3) is 0 Å². The van der Waals surface area contributed by atoms with Gasteiger partial charge in [0, 0.05) is 24.4 Å². The maximum Gasteiger partial charge on any atom is 0.151 e. The van der Waals surface area contributed by atoms with E-state index in [-0.39, 0.29) is 11.3 Å². The highest BCUT2D eigenvalue weighted by Gasteiger charge is 2.43. The van der Waals surface area contributed by atoms with Gasteiger partial charge >= 0.3 is 0 Å². The molecule has 3 fully saturated rings. The molecular formula is C15H28N2O2S. The fourth-order valence-corrected chi connectivity index (χ4v) is 6.11. The van der Waals surface area contributed by atoms with E-state index in [1.165, 1.54) is 38.4 Å². The van der Waals surface area contributed by atoms with Crippen molar-refractivity contribution in [3.8, 4) is 0 Å². The maximum absolute atomic E-state index is 12.1. The number of likely N-dealkylation sites (tertiary alicyclic amines) is 1. The second-order valence-corrected chi connectivity index (χ2v) is 9.13. The molecule has 116 valence electrons. The van der Waals surface area contributed by atoms with Gasteiger partial charge in [-0.25, -0.2) is 8.42 Å². The Morgan fingerprint density at radius 1 is 0.950 bits per heavy atom. The Bertz CT molecular complexity index is 431. The summed E-state index contributed by atoms with van der Waals surface area (Å²) < 4.78 is 24.1. The molecule has 0 aromatic carbocycles. The first-order valence-corrected chi connectivity index (χ1v) is 10.2. The van der Waals surface area contributed by atoms with Crippen LogP contribution < -0.4 is 5.32 Å². The van der Waals surface area contributed by atoms with E-state index in [0.29, 0.717) is 12.1 Å². The summed E-state index contributed by atoms with van der Waals surface area (Å²) >= 11 is 0. The number of hydrogen-bond acceptors (Lipinski definition) is 4. The fourth-order valence-electron chi connectivity index (χ4n) is 4.65. The Labute approximate surface area is 123 Å². The summed E-state index contributed by atoms with van der Waals surface area (Å²) in [5, 5.41) is 3.52. The predicted molar refractivity (Wildman–Crippen MR) is 81.6 cm³/mol. The maximum atomic E-state index is 12.1. The number of nitrogens with one attached hydrogen (secondary N) is 1. The first-order chi connectivity index (χ1) is 9.57. The van der Waals surface area contributed by atoms with E-state index in [1.54, 1.807) is 0 Å². The molecule has 0 aromatic rings. The summed E-state index contributed by atoms with van der Waals surface area (Å²) in [6.07, 6.45) is 10.8. The number of nitrogens with zero attached hydrogens (tertiary/aromatic N) is 1. The summed E-state index contributed by atoms with van der Waals surface area (Å²) in [5.74, 6) is 0. The Morgan fingerprint density at radius 3 is 2.45 bits per heavy atom. The van der Waals surface area contributed by atoms with Gasteiger partial charge in [0.25, 0.3) is 0 Å². The molecule has 4 atom stereocenters.